The highest BCUT2D eigenvalue weighted by Crippen LogP contribution is 2.45. The van der Waals surface area contributed by atoms with Gasteiger partial charge in [0.25, 0.3) is 0 Å². The first-order valence-electron chi connectivity index (χ1n) is 9.93. The quantitative estimate of drug-likeness (QED) is 0.580. The number of ether oxygens (including phenoxy) is 2. The molecule has 1 amide bonds. The molecule has 8 heteroatoms. The summed E-state index contributed by atoms with van der Waals surface area (Å²) in [4.78, 5) is 27.9. The molecule has 0 N–H and O–H groups in total. The smallest absolute Gasteiger partial charge is 0.308 e. The van der Waals surface area contributed by atoms with Crippen LogP contribution >= 0.6 is 11.3 Å². The van der Waals surface area contributed by atoms with E-state index in [-0.39, 0.29) is 35.0 Å². The fraction of sp³-hybridized carbons (Fsp3) is 0.304. The fourth-order valence-corrected chi connectivity index (χ4v) is 4.89. The summed E-state index contributed by atoms with van der Waals surface area (Å²) in [6.07, 6.45) is 0.170. The molecule has 0 bridgehead atoms. The third-order valence-electron chi connectivity index (χ3n) is 5.20. The summed E-state index contributed by atoms with van der Waals surface area (Å²) in [6, 6.07) is 11.3. The lowest BCUT2D eigenvalue weighted by Crippen LogP contribution is -2.34. The molecular weight excluding hydrogens is 419 g/mol. The van der Waals surface area contributed by atoms with E-state index in [1.807, 2.05) is 32.0 Å². The Labute approximate surface area is 183 Å². The molecule has 0 spiro atoms. The second-order valence-corrected chi connectivity index (χ2v) is 8.65. The van der Waals surface area contributed by atoms with Crippen molar-refractivity contribution >= 4 is 28.7 Å². The number of fused-ring (bicyclic) bond motifs is 1. The van der Waals surface area contributed by atoms with Crippen LogP contribution in [0, 0.1) is 5.82 Å². The van der Waals surface area contributed by atoms with Gasteiger partial charge in [0.05, 0.1) is 23.8 Å². The summed E-state index contributed by atoms with van der Waals surface area (Å²) in [5.41, 5.74) is 1.39. The molecule has 0 saturated heterocycles. The molecule has 2 aromatic carbocycles. The molecule has 0 radical (unpaired) electrons. The van der Waals surface area contributed by atoms with Crippen molar-refractivity contribution < 1.29 is 18.7 Å². The zero-order valence-electron chi connectivity index (χ0n) is 17.7. The van der Waals surface area contributed by atoms with Crippen LogP contribution in [0.25, 0.3) is 0 Å². The highest BCUT2D eigenvalue weighted by Gasteiger charge is 2.37. The number of halogens is 1. The number of benzene rings is 2. The number of carbonyl (C=O) groups excluding carboxylic acids is 1. The Kier molecular flexibility index (Phi) is 5.58. The van der Waals surface area contributed by atoms with E-state index >= 15 is 0 Å². The molecular formula is C23H23FN2O4S. The molecule has 0 saturated carbocycles. The topological polar surface area (TPSA) is 60.8 Å². The van der Waals surface area contributed by atoms with Gasteiger partial charge in [0, 0.05) is 19.4 Å². The van der Waals surface area contributed by atoms with E-state index in [2.05, 4.69) is 0 Å². The van der Waals surface area contributed by atoms with E-state index < -0.39 is 0 Å². The van der Waals surface area contributed by atoms with Crippen molar-refractivity contribution in [2.24, 2.45) is 7.05 Å². The summed E-state index contributed by atoms with van der Waals surface area (Å²) >= 11 is 1.12. The molecule has 1 atom stereocenters. The first kappa shape index (κ1) is 21.1. The number of carbonyl (C=O) groups is 1. The van der Waals surface area contributed by atoms with Crippen LogP contribution in [0.1, 0.15) is 36.6 Å². The van der Waals surface area contributed by atoms with Gasteiger partial charge in [-0.3, -0.25) is 19.1 Å². The van der Waals surface area contributed by atoms with Crippen LogP contribution in [0.2, 0.25) is 0 Å². The zero-order chi connectivity index (χ0) is 22.3. The Bertz CT molecular complexity index is 1180. The maximum atomic E-state index is 13.4. The SMILES string of the molecule is COc1cc(C2CC(=O)N(c3ccc(F)cc3)c3c2sc(=O)n3C)ccc1OC(C)C. The molecule has 6 nitrogen and oxygen atoms in total. The van der Waals surface area contributed by atoms with Crippen molar-refractivity contribution in [1.29, 1.82) is 0 Å². The summed E-state index contributed by atoms with van der Waals surface area (Å²) in [6.45, 7) is 3.87. The number of anilines is 2. The van der Waals surface area contributed by atoms with Gasteiger partial charge >= 0.3 is 4.87 Å². The lowest BCUT2D eigenvalue weighted by atomic mass is 9.90. The highest BCUT2D eigenvalue weighted by molar-refractivity contribution is 7.10. The number of methoxy groups -OCH3 is 1. The van der Waals surface area contributed by atoms with E-state index in [4.69, 9.17) is 9.47 Å². The van der Waals surface area contributed by atoms with Crippen molar-refractivity contribution in [3.05, 3.63) is 68.4 Å². The maximum absolute atomic E-state index is 13.4. The van der Waals surface area contributed by atoms with E-state index in [9.17, 15) is 14.0 Å². The van der Waals surface area contributed by atoms with E-state index in [0.29, 0.717) is 23.0 Å². The van der Waals surface area contributed by atoms with E-state index in [0.717, 1.165) is 21.8 Å². The van der Waals surface area contributed by atoms with Gasteiger partial charge in [-0.2, -0.15) is 0 Å². The van der Waals surface area contributed by atoms with Gasteiger partial charge in [-0.05, 0) is 55.8 Å². The monoisotopic (exact) mass is 442 g/mol. The number of hydrogen-bond donors (Lipinski definition) is 0. The molecule has 162 valence electrons. The van der Waals surface area contributed by atoms with Crippen molar-refractivity contribution in [2.75, 3.05) is 12.0 Å². The number of amides is 1. The number of rotatable bonds is 5. The fourth-order valence-electron chi connectivity index (χ4n) is 3.80. The average molecular weight is 443 g/mol. The first-order chi connectivity index (χ1) is 14.8. The number of thiazole rings is 1. The molecule has 1 aromatic heterocycles. The lowest BCUT2D eigenvalue weighted by molar-refractivity contribution is -0.118. The maximum Gasteiger partial charge on any atom is 0.308 e. The summed E-state index contributed by atoms with van der Waals surface area (Å²) < 4.78 is 26.2. The molecule has 1 aliphatic rings. The van der Waals surface area contributed by atoms with Crippen LogP contribution < -0.4 is 19.2 Å². The van der Waals surface area contributed by atoms with Crippen molar-refractivity contribution in [3.63, 3.8) is 0 Å². The van der Waals surface area contributed by atoms with Crippen LogP contribution in [0.15, 0.2) is 47.3 Å². The van der Waals surface area contributed by atoms with Crippen LogP contribution in [0.5, 0.6) is 11.5 Å². The van der Waals surface area contributed by atoms with E-state index in [1.165, 1.54) is 21.6 Å². The van der Waals surface area contributed by atoms with Gasteiger partial charge in [0.1, 0.15) is 11.6 Å². The van der Waals surface area contributed by atoms with Crippen molar-refractivity contribution in [2.45, 2.75) is 32.3 Å². The van der Waals surface area contributed by atoms with Gasteiger partial charge in [-0.15, -0.1) is 0 Å². The van der Waals surface area contributed by atoms with Crippen LogP contribution in [0.3, 0.4) is 0 Å². The number of nitrogens with zero attached hydrogens (tertiary/aromatic N) is 2. The van der Waals surface area contributed by atoms with Crippen molar-refractivity contribution in [1.82, 2.24) is 4.57 Å². The van der Waals surface area contributed by atoms with Gasteiger partial charge in [-0.1, -0.05) is 17.4 Å². The molecule has 1 unspecified atom stereocenters. The third-order valence-corrected chi connectivity index (χ3v) is 6.34. The van der Waals surface area contributed by atoms with Gasteiger partial charge in [-0.25, -0.2) is 4.39 Å². The zero-order valence-corrected chi connectivity index (χ0v) is 18.5. The molecule has 1 aliphatic heterocycles. The average Bonchev–Trinajstić information content (AvgIpc) is 3.03. The lowest BCUT2D eigenvalue weighted by Gasteiger charge is -2.32. The van der Waals surface area contributed by atoms with Crippen LogP contribution in [-0.2, 0) is 11.8 Å². The Morgan fingerprint density at radius 1 is 1.10 bits per heavy atom. The minimum Gasteiger partial charge on any atom is -0.493 e. The predicted octanol–water partition coefficient (Wildman–Crippen LogP) is 4.58. The second kappa shape index (κ2) is 8.19. The summed E-state index contributed by atoms with van der Waals surface area (Å²) in [7, 11) is 3.21. The molecule has 0 aliphatic carbocycles. The molecule has 4 rings (SSSR count). The first-order valence-corrected chi connectivity index (χ1v) is 10.7. The van der Waals surface area contributed by atoms with Crippen LogP contribution in [0.4, 0.5) is 15.9 Å². The Hall–Kier alpha value is -3.13. The van der Waals surface area contributed by atoms with Gasteiger partial charge in [0.15, 0.2) is 11.5 Å². The molecule has 2 heterocycles. The Morgan fingerprint density at radius 2 is 1.81 bits per heavy atom. The Morgan fingerprint density at radius 3 is 2.45 bits per heavy atom. The van der Waals surface area contributed by atoms with Gasteiger partial charge in [0.2, 0.25) is 5.91 Å². The second-order valence-electron chi connectivity index (χ2n) is 7.65. The predicted molar refractivity (Wildman–Crippen MR) is 118 cm³/mol. The molecule has 0 fully saturated rings. The van der Waals surface area contributed by atoms with Gasteiger partial charge < -0.3 is 9.47 Å². The van der Waals surface area contributed by atoms with Crippen molar-refractivity contribution in [3.8, 4) is 11.5 Å². The standard InChI is InChI=1S/C23H23FN2O4S/c1-13(2)30-18-10-5-14(11-19(18)29-4)17-12-20(27)26(16-8-6-15(24)7-9-16)22-21(17)31-23(28)25(22)3/h5-11,13,17H,12H2,1-4H3. The largest absolute Gasteiger partial charge is 0.493 e. The number of aromatic nitrogens is 1. The normalized spacial score (nSPS) is 15.9. The number of hydrogen-bond acceptors (Lipinski definition) is 5. The molecule has 31 heavy (non-hydrogen) atoms. The van der Waals surface area contributed by atoms with Crippen LogP contribution in [-0.4, -0.2) is 23.7 Å². The highest BCUT2D eigenvalue weighted by atomic mass is 32.1. The minimum atomic E-state index is -0.388. The molecule has 3 aromatic rings. The van der Waals surface area contributed by atoms with E-state index in [1.54, 1.807) is 26.3 Å². The summed E-state index contributed by atoms with van der Waals surface area (Å²) in [5, 5.41) is 0. The minimum absolute atomic E-state index is 0.00811. The Balaban J connectivity index is 1.81. The summed E-state index contributed by atoms with van der Waals surface area (Å²) in [5.74, 6) is 0.868. The third kappa shape index (κ3) is 3.83.